The molecule has 0 fully saturated rings. The number of anilines is 4. The van der Waals surface area contributed by atoms with Gasteiger partial charge in [0.05, 0.1) is 21.5 Å². The zero-order valence-corrected chi connectivity index (χ0v) is 26.0. The maximum atomic E-state index is 13.6. The van der Waals surface area contributed by atoms with Crippen LogP contribution in [-0.2, 0) is 6.18 Å². The maximum Gasteiger partial charge on any atom is 0.418 e. The summed E-state index contributed by atoms with van der Waals surface area (Å²) in [5.41, 5.74) is 4.38. The van der Waals surface area contributed by atoms with Gasteiger partial charge in [0.15, 0.2) is 0 Å². The Morgan fingerprint density at radius 3 is 2.29 bits per heavy atom. The Hall–Kier alpha value is -5.81. The number of rotatable bonds is 6. The molecule has 0 aliphatic rings. The number of carbonyl (C=O) groups excluding carboxylic acids is 1. The third-order valence-corrected chi connectivity index (χ3v) is 8.80. The van der Waals surface area contributed by atoms with Gasteiger partial charge in [0, 0.05) is 28.5 Å². The molecule has 3 N–H and O–H groups in total. The van der Waals surface area contributed by atoms with Crippen LogP contribution in [0.5, 0.6) is 0 Å². The Bertz CT molecular complexity index is 2300. The molecule has 0 aliphatic carbocycles. The van der Waals surface area contributed by atoms with Crippen molar-refractivity contribution in [1.29, 1.82) is 0 Å². The first-order chi connectivity index (χ1) is 23.1. The number of benzene rings is 5. The third kappa shape index (κ3) is 6.40. The van der Waals surface area contributed by atoms with Crippen molar-refractivity contribution >= 4 is 61.2 Å². The van der Waals surface area contributed by atoms with Crippen LogP contribution in [0.15, 0.2) is 115 Å². The topological polar surface area (TPSA) is 78.9 Å². The SMILES string of the molecule is Cc1ccc2nc(-c3ccc(Nc4nccc5c(-c6ccc(NC(=O)Nc7cc(F)ccc7C(F)(F)F)cc6)cccc45)cc3)sc2c1. The molecule has 48 heavy (non-hydrogen) atoms. The quantitative estimate of drug-likeness (QED) is 0.155. The van der Waals surface area contributed by atoms with E-state index in [0.717, 1.165) is 48.4 Å². The minimum absolute atomic E-state index is 0.342. The van der Waals surface area contributed by atoms with Crippen LogP contribution in [0.3, 0.4) is 0 Å². The second kappa shape index (κ2) is 12.4. The Kier molecular flexibility index (Phi) is 7.98. The van der Waals surface area contributed by atoms with Gasteiger partial charge in [-0.1, -0.05) is 36.4 Å². The van der Waals surface area contributed by atoms with Crippen molar-refractivity contribution in [2.45, 2.75) is 13.1 Å². The van der Waals surface area contributed by atoms with Gasteiger partial charge >= 0.3 is 12.2 Å². The van der Waals surface area contributed by atoms with E-state index in [4.69, 9.17) is 4.98 Å². The highest BCUT2D eigenvalue weighted by Crippen LogP contribution is 2.37. The van der Waals surface area contributed by atoms with E-state index < -0.39 is 29.3 Å². The van der Waals surface area contributed by atoms with E-state index >= 15 is 0 Å². The summed E-state index contributed by atoms with van der Waals surface area (Å²) >= 11 is 1.66. The smallest absolute Gasteiger partial charge is 0.340 e. The van der Waals surface area contributed by atoms with Crippen molar-refractivity contribution in [1.82, 2.24) is 9.97 Å². The van der Waals surface area contributed by atoms with Gasteiger partial charge in [0.2, 0.25) is 0 Å². The molecule has 7 aromatic rings. The number of urea groups is 1. The maximum absolute atomic E-state index is 13.6. The molecule has 7 rings (SSSR count). The fourth-order valence-corrected chi connectivity index (χ4v) is 6.50. The molecule has 0 aliphatic heterocycles. The number of pyridine rings is 1. The Morgan fingerprint density at radius 1 is 0.771 bits per heavy atom. The molecule has 238 valence electrons. The fraction of sp³-hybridized carbons (Fsp3) is 0.0541. The molecule has 0 saturated carbocycles. The molecule has 0 radical (unpaired) electrons. The van der Waals surface area contributed by atoms with E-state index in [2.05, 4.69) is 40.0 Å². The predicted molar refractivity (Wildman–Crippen MR) is 184 cm³/mol. The summed E-state index contributed by atoms with van der Waals surface area (Å²) in [6.07, 6.45) is -3.03. The molecule has 0 unspecified atom stereocenters. The van der Waals surface area contributed by atoms with Gasteiger partial charge in [0.1, 0.15) is 16.6 Å². The average Bonchev–Trinajstić information content (AvgIpc) is 3.48. The van der Waals surface area contributed by atoms with Gasteiger partial charge in [0.25, 0.3) is 0 Å². The van der Waals surface area contributed by atoms with E-state index in [1.807, 2.05) is 54.6 Å². The standard InChI is InChI=1S/C37H25F4N5OS/c1-21-5-16-31-33(19-21)48-35(45-31)23-8-13-25(14-9-23)43-34-29-4-2-3-27(28(29)17-18-42-34)22-6-11-26(12-7-22)44-36(47)46-32-20-24(38)10-15-30(32)37(39,40)41/h2-20H,1H3,(H,42,43)(H2,44,46,47). The molecule has 2 amide bonds. The lowest BCUT2D eigenvalue weighted by Gasteiger charge is -2.15. The van der Waals surface area contributed by atoms with Crippen LogP contribution in [0.1, 0.15) is 11.1 Å². The van der Waals surface area contributed by atoms with Crippen molar-refractivity contribution in [3.8, 4) is 21.7 Å². The number of alkyl halides is 3. The minimum Gasteiger partial charge on any atom is -0.340 e. The zero-order chi connectivity index (χ0) is 33.4. The second-order valence-electron chi connectivity index (χ2n) is 11.1. The minimum atomic E-state index is -4.76. The van der Waals surface area contributed by atoms with Gasteiger partial charge in [-0.25, -0.2) is 19.2 Å². The predicted octanol–water partition coefficient (Wildman–Crippen LogP) is 11.0. The lowest BCUT2D eigenvalue weighted by molar-refractivity contribution is -0.136. The molecule has 5 aromatic carbocycles. The Balaban J connectivity index is 1.08. The first-order valence-electron chi connectivity index (χ1n) is 14.8. The van der Waals surface area contributed by atoms with Crippen molar-refractivity contribution in [2.75, 3.05) is 16.0 Å². The average molecular weight is 664 g/mol. The van der Waals surface area contributed by atoms with E-state index in [0.29, 0.717) is 29.7 Å². The number of nitrogens with zero attached hydrogens (tertiary/aromatic N) is 2. The largest absolute Gasteiger partial charge is 0.418 e. The molecule has 2 aromatic heterocycles. The summed E-state index contributed by atoms with van der Waals surface area (Å²) in [7, 11) is 0. The molecule has 0 saturated heterocycles. The third-order valence-electron chi connectivity index (χ3n) is 7.73. The number of hydrogen-bond donors (Lipinski definition) is 3. The van der Waals surface area contributed by atoms with Crippen molar-refractivity contribution in [2.24, 2.45) is 0 Å². The number of halogens is 4. The molecule has 11 heteroatoms. The van der Waals surface area contributed by atoms with E-state index in [-0.39, 0.29) is 0 Å². The van der Waals surface area contributed by atoms with Crippen LogP contribution in [0.2, 0.25) is 0 Å². The van der Waals surface area contributed by atoms with Crippen molar-refractivity contribution in [3.05, 3.63) is 132 Å². The number of amides is 2. The molecule has 0 spiro atoms. The Labute approximate surface area is 276 Å². The zero-order valence-electron chi connectivity index (χ0n) is 25.2. The number of fused-ring (bicyclic) bond motifs is 2. The normalized spacial score (nSPS) is 11.5. The number of carbonyl (C=O) groups is 1. The molecule has 2 heterocycles. The summed E-state index contributed by atoms with van der Waals surface area (Å²) in [6, 6.07) is 29.9. The van der Waals surface area contributed by atoms with Gasteiger partial charge in [-0.15, -0.1) is 11.3 Å². The molecular weight excluding hydrogens is 638 g/mol. The fourth-order valence-electron chi connectivity index (χ4n) is 5.43. The number of aromatic nitrogens is 2. The second-order valence-corrected chi connectivity index (χ2v) is 12.1. The van der Waals surface area contributed by atoms with Crippen molar-refractivity contribution < 1.29 is 22.4 Å². The molecule has 6 nitrogen and oxygen atoms in total. The number of nitrogens with one attached hydrogen (secondary N) is 3. The molecule has 0 bridgehead atoms. The lowest BCUT2D eigenvalue weighted by atomic mass is 9.99. The van der Waals surface area contributed by atoms with Crippen LogP contribution in [0.4, 0.5) is 45.2 Å². The van der Waals surface area contributed by atoms with Crippen LogP contribution in [0, 0.1) is 12.7 Å². The summed E-state index contributed by atoms with van der Waals surface area (Å²) in [6.45, 7) is 2.07. The van der Waals surface area contributed by atoms with E-state index in [9.17, 15) is 22.4 Å². The molecular formula is C37H25F4N5OS. The first-order valence-corrected chi connectivity index (χ1v) is 15.6. The Morgan fingerprint density at radius 2 is 1.52 bits per heavy atom. The molecule has 0 atom stereocenters. The highest BCUT2D eigenvalue weighted by Gasteiger charge is 2.34. The summed E-state index contributed by atoms with van der Waals surface area (Å²) < 4.78 is 54.7. The van der Waals surface area contributed by atoms with Crippen molar-refractivity contribution in [3.63, 3.8) is 0 Å². The summed E-state index contributed by atoms with van der Waals surface area (Å²) in [5.74, 6) is -0.220. The van der Waals surface area contributed by atoms with Crippen LogP contribution < -0.4 is 16.0 Å². The highest BCUT2D eigenvalue weighted by atomic mass is 32.1. The number of aryl methyl sites for hydroxylation is 1. The van der Waals surface area contributed by atoms with Crippen LogP contribution in [-0.4, -0.2) is 16.0 Å². The number of thiazole rings is 1. The van der Waals surface area contributed by atoms with E-state index in [1.165, 1.54) is 5.56 Å². The van der Waals surface area contributed by atoms with Gasteiger partial charge < -0.3 is 16.0 Å². The first kappa shape index (κ1) is 30.8. The highest BCUT2D eigenvalue weighted by molar-refractivity contribution is 7.21. The van der Waals surface area contributed by atoms with Gasteiger partial charge in [-0.05, 0) is 102 Å². The van der Waals surface area contributed by atoms with Crippen LogP contribution >= 0.6 is 11.3 Å². The summed E-state index contributed by atoms with van der Waals surface area (Å²) in [5, 5.41) is 10.8. The monoisotopic (exact) mass is 663 g/mol. The van der Waals surface area contributed by atoms with Crippen LogP contribution in [0.25, 0.3) is 42.7 Å². The summed E-state index contributed by atoms with van der Waals surface area (Å²) in [4.78, 5) is 21.9. The number of hydrogen-bond acceptors (Lipinski definition) is 5. The van der Waals surface area contributed by atoms with Gasteiger partial charge in [-0.2, -0.15) is 13.2 Å². The lowest BCUT2D eigenvalue weighted by Crippen LogP contribution is -2.22. The van der Waals surface area contributed by atoms with Gasteiger partial charge in [-0.3, -0.25) is 0 Å². The van der Waals surface area contributed by atoms with E-state index in [1.54, 1.807) is 41.8 Å².